The van der Waals surface area contributed by atoms with Gasteiger partial charge in [0.1, 0.15) is 5.58 Å². The number of amides is 1. The van der Waals surface area contributed by atoms with Crippen LogP contribution in [0.3, 0.4) is 0 Å². The highest BCUT2D eigenvalue weighted by atomic mass is 16.3. The molecule has 2 aromatic rings. The molecule has 1 amide bonds. The highest BCUT2D eigenvalue weighted by Gasteiger charge is 2.26. The highest BCUT2D eigenvalue weighted by Crippen LogP contribution is 2.25. The Balaban J connectivity index is 1.77. The first kappa shape index (κ1) is 14.1. The molecular formula is C17H22N2O2. The fraction of sp³-hybridized carbons (Fsp3) is 0.471. The summed E-state index contributed by atoms with van der Waals surface area (Å²) in [6.07, 6.45) is 4.46. The van der Waals surface area contributed by atoms with Gasteiger partial charge < -0.3 is 15.5 Å². The lowest BCUT2D eigenvalue weighted by molar-refractivity contribution is 0.0882. The second kappa shape index (κ2) is 5.90. The highest BCUT2D eigenvalue weighted by molar-refractivity contribution is 5.96. The largest absolute Gasteiger partial charge is 0.451 e. The Kier molecular flexibility index (Phi) is 3.97. The Labute approximate surface area is 124 Å². The Morgan fingerprint density at radius 3 is 2.95 bits per heavy atom. The molecule has 0 aliphatic heterocycles. The first-order valence-electron chi connectivity index (χ1n) is 7.68. The quantitative estimate of drug-likeness (QED) is 0.911. The molecule has 112 valence electrons. The normalized spacial score (nSPS) is 22.4. The summed E-state index contributed by atoms with van der Waals surface area (Å²) in [6.45, 7) is 2.66. The Morgan fingerprint density at radius 1 is 1.33 bits per heavy atom. The second-order valence-corrected chi connectivity index (χ2v) is 6.01. The molecule has 3 rings (SSSR count). The van der Waals surface area contributed by atoms with Crippen LogP contribution in [-0.4, -0.2) is 18.5 Å². The first-order valence-corrected chi connectivity index (χ1v) is 7.68. The molecule has 2 atom stereocenters. The molecule has 0 spiro atoms. The summed E-state index contributed by atoms with van der Waals surface area (Å²) in [5.41, 5.74) is 7.72. The van der Waals surface area contributed by atoms with E-state index in [9.17, 15) is 4.79 Å². The van der Waals surface area contributed by atoms with Crippen molar-refractivity contribution in [2.24, 2.45) is 11.7 Å². The third kappa shape index (κ3) is 2.95. The zero-order valence-corrected chi connectivity index (χ0v) is 12.4. The summed E-state index contributed by atoms with van der Waals surface area (Å²) in [6, 6.07) is 7.91. The minimum absolute atomic E-state index is 0.130. The first-order chi connectivity index (χ1) is 10.2. The number of fused-ring (bicyclic) bond motifs is 1. The van der Waals surface area contributed by atoms with Gasteiger partial charge in [-0.25, -0.2) is 0 Å². The molecule has 1 aliphatic rings. The molecule has 1 aliphatic carbocycles. The average Bonchev–Trinajstić information content (AvgIpc) is 2.91. The Hall–Kier alpha value is -1.81. The van der Waals surface area contributed by atoms with Crippen molar-refractivity contribution in [2.75, 3.05) is 6.54 Å². The van der Waals surface area contributed by atoms with E-state index < -0.39 is 0 Å². The van der Waals surface area contributed by atoms with E-state index in [0.29, 0.717) is 18.2 Å². The Bertz CT molecular complexity index is 647. The van der Waals surface area contributed by atoms with Gasteiger partial charge in [-0.2, -0.15) is 0 Å². The number of furan rings is 1. The van der Waals surface area contributed by atoms with Crippen LogP contribution in [0.5, 0.6) is 0 Å². The molecule has 2 unspecified atom stereocenters. The van der Waals surface area contributed by atoms with Crippen molar-refractivity contribution in [1.29, 1.82) is 0 Å². The van der Waals surface area contributed by atoms with E-state index in [1.807, 2.05) is 31.2 Å². The number of nitrogens with two attached hydrogens (primary N) is 1. The van der Waals surface area contributed by atoms with Crippen molar-refractivity contribution < 1.29 is 9.21 Å². The van der Waals surface area contributed by atoms with Gasteiger partial charge in [0.05, 0.1) is 0 Å². The van der Waals surface area contributed by atoms with Crippen molar-refractivity contribution in [3.63, 3.8) is 0 Å². The van der Waals surface area contributed by atoms with Gasteiger partial charge in [-0.1, -0.05) is 24.5 Å². The zero-order chi connectivity index (χ0) is 14.8. The summed E-state index contributed by atoms with van der Waals surface area (Å²) < 4.78 is 5.65. The van der Waals surface area contributed by atoms with Gasteiger partial charge in [0.25, 0.3) is 5.91 Å². The molecule has 0 saturated heterocycles. The van der Waals surface area contributed by atoms with Crippen molar-refractivity contribution in [1.82, 2.24) is 5.32 Å². The van der Waals surface area contributed by atoms with Gasteiger partial charge >= 0.3 is 0 Å². The maximum absolute atomic E-state index is 12.4. The topological polar surface area (TPSA) is 68.3 Å². The summed E-state index contributed by atoms with van der Waals surface area (Å²) >= 11 is 0. The number of hydrogen-bond acceptors (Lipinski definition) is 3. The maximum Gasteiger partial charge on any atom is 0.287 e. The third-order valence-corrected chi connectivity index (χ3v) is 4.42. The van der Waals surface area contributed by atoms with E-state index in [-0.39, 0.29) is 11.9 Å². The predicted molar refractivity (Wildman–Crippen MR) is 83.2 cm³/mol. The van der Waals surface area contributed by atoms with Crippen LogP contribution in [0.1, 0.15) is 41.8 Å². The minimum Gasteiger partial charge on any atom is -0.451 e. The predicted octanol–water partition coefficient (Wildman–Crippen LogP) is 2.99. The van der Waals surface area contributed by atoms with E-state index in [0.717, 1.165) is 35.8 Å². The average molecular weight is 286 g/mol. The van der Waals surface area contributed by atoms with E-state index >= 15 is 0 Å². The molecule has 0 radical (unpaired) electrons. The van der Waals surface area contributed by atoms with Crippen LogP contribution in [0.25, 0.3) is 11.0 Å². The van der Waals surface area contributed by atoms with Crippen LogP contribution in [0.15, 0.2) is 28.7 Å². The van der Waals surface area contributed by atoms with Crippen LogP contribution in [0, 0.1) is 12.8 Å². The van der Waals surface area contributed by atoms with E-state index in [4.69, 9.17) is 10.2 Å². The summed E-state index contributed by atoms with van der Waals surface area (Å²) in [5, 5.41) is 4.07. The number of aryl methyl sites for hydroxylation is 1. The molecule has 1 fully saturated rings. The van der Waals surface area contributed by atoms with E-state index in [1.165, 1.54) is 6.42 Å². The van der Waals surface area contributed by atoms with Crippen molar-refractivity contribution in [2.45, 2.75) is 38.6 Å². The molecule has 1 saturated carbocycles. The fourth-order valence-electron chi connectivity index (χ4n) is 3.19. The van der Waals surface area contributed by atoms with Crippen molar-refractivity contribution in [3.05, 3.63) is 35.6 Å². The molecule has 0 bridgehead atoms. The number of nitrogens with one attached hydrogen (secondary N) is 1. The number of rotatable bonds is 3. The number of carbonyl (C=O) groups excluding carboxylic acids is 1. The lowest BCUT2D eigenvalue weighted by Gasteiger charge is -2.30. The number of carbonyl (C=O) groups is 1. The van der Waals surface area contributed by atoms with E-state index in [2.05, 4.69) is 5.32 Å². The van der Waals surface area contributed by atoms with Crippen LogP contribution in [-0.2, 0) is 0 Å². The van der Waals surface area contributed by atoms with Gasteiger partial charge in [-0.05, 0) is 50.4 Å². The van der Waals surface area contributed by atoms with Gasteiger partial charge in [-0.15, -0.1) is 0 Å². The van der Waals surface area contributed by atoms with Crippen LogP contribution in [0.4, 0.5) is 0 Å². The number of hydrogen-bond donors (Lipinski definition) is 2. The molecule has 21 heavy (non-hydrogen) atoms. The lowest BCUT2D eigenvalue weighted by Crippen LogP contribution is -2.44. The standard InChI is InChI=1S/C17H22N2O2/c1-11-6-7-15-13(8-11)9-16(21-15)17(20)19-14-5-3-2-4-12(14)10-18/h6-9,12,14H,2-5,10,18H2,1H3,(H,19,20). The molecular weight excluding hydrogens is 264 g/mol. The fourth-order valence-corrected chi connectivity index (χ4v) is 3.19. The molecule has 4 nitrogen and oxygen atoms in total. The van der Waals surface area contributed by atoms with E-state index in [1.54, 1.807) is 0 Å². The molecule has 4 heteroatoms. The minimum atomic E-state index is -0.130. The third-order valence-electron chi connectivity index (χ3n) is 4.42. The van der Waals surface area contributed by atoms with Gasteiger partial charge in [0, 0.05) is 11.4 Å². The molecule has 1 aromatic heterocycles. The SMILES string of the molecule is Cc1ccc2oc(C(=O)NC3CCCCC3CN)cc2c1. The van der Waals surface area contributed by atoms with Gasteiger partial charge in [0.2, 0.25) is 0 Å². The van der Waals surface area contributed by atoms with Crippen LogP contribution < -0.4 is 11.1 Å². The summed E-state index contributed by atoms with van der Waals surface area (Å²) in [5.74, 6) is 0.639. The van der Waals surface area contributed by atoms with Crippen LogP contribution >= 0.6 is 0 Å². The zero-order valence-electron chi connectivity index (χ0n) is 12.4. The van der Waals surface area contributed by atoms with Gasteiger partial charge in [-0.3, -0.25) is 4.79 Å². The smallest absolute Gasteiger partial charge is 0.287 e. The maximum atomic E-state index is 12.4. The number of benzene rings is 1. The molecule has 3 N–H and O–H groups in total. The lowest BCUT2D eigenvalue weighted by atomic mass is 9.84. The van der Waals surface area contributed by atoms with Gasteiger partial charge in [0.15, 0.2) is 5.76 Å². The van der Waals surface area contributed by atoms with Crippen molar-refractivity contribution in [3.8, 4) is 0 Å². The summed E-state index contributed by atoms with van der Waals surface area (Å²) in [7, 11) is 0. The van der Waals surface area contributed by atoms with Crippen molar-refractivity contribution >= 4 is 16.9 Å². The van der Waals surface area contributed by atoms with Crippen LogP contribution in [0.2, 0.25) is 0 Å². The Morgan fingerprint density at radius 2 is 2.14 bits per heavy atom. The monoisotopic (exact) mass is 286 g/mol. The molecule has 1 aromatic carbocycles. The summed E-state index contributed by atoms with van der Waals surface area (Å²) in [4.78, 5) is 12.4. The second-order valence-electron chi connectivity index (χ2n) is 6.01. The molecule has 1 heterocycles.